The van der Waals surface area contributed by atoms with Crippen LogP contribution in [0.15, 0.2) is 66.7 Å². The lowest BCUT2D eigenvalue weighted by Crippen LogP contribution is -2.51. The summed E-state index contributed by atoms with van der Waals surface area (Å²) in [6, 6.07) is 17.4. The van der Waals surface area contributed by atoms with E-state index in [1.165, 1.54) is 12.1 Å². The van der Waals surface area contributed by atoms with E-state index in [1.54, 1.807) is 30.3 Å². The van der Waals surface area contributed by atoms with Crippen molar-refractivity contribution in [2.45, 2.75) is 56.5 Å². The van der Waals surface area contributed by atoms with Gasteiger partial charge in [-0.15, -0.1) is 0 Å². The first-order chi connectivity index (χ1) is 19.6. The molecule has 0 aliphatic carbocycles. The Labute approximate surface area is 246 Å². The number of halogens is 5. The lowest BCUT2D eigenvalue weighted by atomic mass is 9.96. The van der Waals surface area contributed by atoms with Crippen LogP contribution in [0.3, 0.4) is 0 Å². The van der Waals surface area contributed by atoms with E-state index in [4.69, 9.17) is 23.2 Å². The van der Waals surface area contributed by atoms with Crippen LogP contribution in [0.1, 0.15) is 47.2 Å². The molecule has 41 heavy (non-hydrogen) atoms. The predicted octanol–water partition coefficient (Wildman–Crippen LogP) is 6.80. The molecule has 0 radical (unpaired) electrons. The van der Waals surface area contributed by atoms with Crippen LogP contribution in [-0.4, -0.2) is 41.4 Å². The van der Waals surface area contributed by atoms with Gasteiger partial charge in [-0.05, 0) is 73.7 Å². The first kappa shape index (κ1) is 29.2. The van der Waals surface area contributed by atoms with E-state index in [1.807, 2.05) is 12.1 Å². The molecule has 11 heteroatoms. The molecule has 0 spiro atoms. The van der Waals surface area contributed by atoms with Gasteiger partial charge < -0.3 is 16.0 Å². The standard InChI is InChI=1S/C30H29Cl2F3N4O2/c31-20-9-8-18(26(32)13-20)17-39-23-10-11-24(39)15-22(14-23)38-28(40)16-36-29(41)25-6-1-2-7-27(25)37-21-5-3-4-19(12-21)30(33,34)35/h1-9,12-13,22-24,37H,10-11,14-17H2,(H,36,41)(H,38,40)/t22-,23+,24-. The average Bonchev–Trinajstić information content (AvgIpc) is 3.15. The molecule has 2 aliphatic rings. The molecule has 216 valence electrons. The van der Waals surface area contributed by atoms with Crippen molar-refractivity contribution in [3.8, 4) is 0 Å². The largest absolute Gasteiger partial charge is 0.416 e. The summed E-state index contributed by atoms with van der Waals surface area (Å²) in [6.45, 7) is 0.517. The molecule has 3 atom stereocenters. The Bertz CT molecular complexity index is 1420. The van der Waals surface area contributed by atoms with E-state index in [0.29, 0.717) is 27.8 Å². The number of rotatable bonds is 8. The van der Waals surface area contributed by atoms with Crippen molar-refractivity contribution in [2.24, 2.45) is 0 Å². The first-order valence-electron chi connectivity index (χ1n) is 13.4. The number of anilines is 2. The van der Waals surface area contributed by atoms with Crippen LogP contribution in [0, 0.1) is 0 Å². The number of amides is 2. The second-order valence-corrected chi connectivity index (χ2v) is 11.3. The van der Waals surface area contributed by atoms with E-state index >= 15 is 0 Å². The summed E-state index contributed by atoms with van der Waals surface area (Å²) < 4.78 is 39.3. The Morgan fingerprint density at radius 2 is 1.66 bits per heavy atom. The third-order valence-electron chi connectivity index (χ3n) is 7.67. The number of alkyl halides is 3. The highest BCUT2D eigenvalue weighted by atomic mass is 35.5. The molecule has 0 unspecified atom stereocenters. The Morgan fingerprint density at radius 1 is 0.927 bits per heavy atom. The third kappa shape index (κ3) is 7.15. The lowest BCUT2D eigenvalue weighted by molar-refractivity contribution is -0.137. The Kier molecular flexibility index (Phi) is 8.77. The van der Waals surface area contributed by atoms with Crippen LogP contribution in [-0.2, 0) is 17.5 Å². The normalized spacial score (nSPS) is 20.5. The SMILES string of the molecule is O=C(CNC(=O)c1ccccc1Nc1cccc(C(F)(F)F)c1)N[C@H]1C[C@H]2CC[C@@H](C1)N2Cc1ccc(Cl)cc1Cl. The summed E-state index contributed by atoms with van der Waals surface area (Å²) in [5.41, 5.74) is 0.965. The van der Waals surface area contributed by atoms with Crippen molar-refractivity contribution in [2.75, 3.05) is 11.9 Å². The number of hydrogen-bond acceptors (Lipinski definition) is 4. The Balaban J connectivity index is 1.14. The number of nitrogens with zero attached hydrogens (tertiary/aromatic N) is 1. The second kappa shape index (κ2) is 12.3. The summed E-state index contributed by atoms with van der Waals surface area (Å²) in [6.07, 6.45) is -0.762. The van der Waals surface area contributed by atoms with E-state index in [-0.39, 0.29) is 29.7 Å². The van der Waals surface area contributed by atoms with Gasteiger partial charge in [0.05, 0.1) is 23.4 Å². The van der Waals surface area contributed by atoms with Crippen molar-refractivity contribution < 1.29 is 22.8 Å². The van der Waals surface area contributed by atoms with Gasteiger partial charge in [-0.1, -0.05) is 47.5 Å². The molecule has 6 nitrogen and oxygen atoms in total. The van der Waals surface area contributed by atoms with Crippen LogP contribution in [0.2, 0.25) is 10.0 Å². The number of fused-ring (bicyclic) bond motifs is 2. The fourth-order valence-corrected chi connectivity index (χ4v) is 6.22. The van der Waals surface area contributed by atoms with Crippen molar-refractivity contribution in [3.63, 3.8) is 0 Å². The summed E-state index contributed by atoms with van der Waals surface area (Å²) in [5, 5.41) is 9.83. The van der Waals surface area contributed by atoms with Crippen LogP contribution in [0.25, 0.3) is 0 Å². The molecule has 3 aromatic rings. The van der Waals surface area contributed by atoms with Crippen molar-refractivity contribution in [3.05, 3.63) is 93.5 Å². The van der Waals surface area contributed by atoms with E-state index in [9.17, 15) is 22.8 Å². The quantitative estimate of drug-likeness (QED) is 0.264. The van der Waals surface area contributed by atoms with E-state index in [2.05, 4.69) is 20.9 Å². The number of para-hydroxylation sites is 1. The van der Waals surface area contributed by atoms with Crippen LogP contribution in [0.5, 0.6) is 0 Å². The molecule has 3 N–H and O–H groups in total. The van der Waals surface area contributed by atoms with E-state index < -0.39 is 17.6 Å². The summed E-state index contributed by atoms with van der Waals surface area (Å²) in [4.78, 5) is 28.1. The second-order valence-electron chi connectivity index (χ2n) is 10.5. The maximum Gasteiger partial charge on any atom is 0.416 e. The highest BCUT2D eigenvalue weighted by Gasteiger charge is 2.41. The maximum absolute atomic E-state index is 13.1. The third-order valence-corrected chi connectivity index (χ3v) is 8.25. The highest BCUT2D eigenvalue weighted by Crippen LogP contribution is 2.38. The van der Waals surface area contributed by atoms with Crippen molar-refractivity contribution in [1.82, 2.24) is 15.5 Å². The molecule has 2 saturated heterocycles. The van der Waals surface area contributed by atoms with Gasteiger partial charge in [0, 0.05) is 40.4 Å². The number of carbonyl (C=O) groups excluding carboxylic acids is 2. The minimum absolute atomic E-state index is 0.00343. The molecule has 2 aliphatic heterocycles. The summed E-state index contributed by atoms with van der Waals surface area (Å²) >= 11 is 12.4. The van der Waals surface area contributed by atoms with Crippen LogP contribution < -0.4 is 16.0 Å². The molecule has 2 fully saturated rings. The minimum atomic E-state index is -4.48. The average molecular weight is 605 g/mol. The number of carbonyl (C=O) groups is 2. The van der Waals surface area contributed by atoms with Gasteiger partial charge in [-0.2, -0.15) is 13.2 Å². The van der Waals surface area contributed by atoms with Gasteiger partial charge in [0.25, 0.3) is 5.91 Å². The summed E-state index contributed by atoms with van der Waals surface area (Å²) in [5.74, 6) is -0.801. The molecule has 3 aromatic carbocycles. The Morgan fingerprint density at radius 3 is 2.37 bits per heavy atom. The fourth-order valence-electron chi connectivity index (χ4n) is 5.75. The zero-order valence-electron chi connectivity index (χ0n) is 22.0. The molecule has 0 aromatic heterocycles. The predicted molar refractivity (Wildman–Crippen MR) is 153 cm³/mol. The van der Waals surface area contributed by atoms with Gasteiger partial charge in [0.2, 0.25) is 5.91 Å². The monoisotopic (exact) mass is 604 g/mol. The maximum atomic E-state index is 13.1. The van der Waals surface area contributed by atoms with Crippen LogP contribution in [0.4, 0.5) is 24.5 Å². The smallest absolute Gasteiger partial charge is 0.355 e. The van der Waals surface area contributed by atoms with Gasteiger partial charge in [0.1, 0.15) is 0 Å². The number of hydrogen-bond donors (Lipinski definition) is 3. The highest BCUT2D eigenvalue weighted by molar-refractivity contribution is 6.35. The zero-order valence-corrected chi connectivity index (χ0v) is 23.5. The van der Waals surface area contributed by atoms with Gasteiger partial charge in [-0.3, -0.25) is 14.5 Å². The Hall–Kier alpha value is -3.27. The first-order valence-corrected chi connectivity index (χ1v) is 14.1. The molecule has 2 amide bonds. The molecule has 2 bridgehead atoms. The number of nitrogens with one attached hydrogen (secondary N) is 3. The van der Waals surface area contributed by atoms with Crippen molar-refractivity contribution in [1.29, 1.82) is 0 Å². The topological polar surface area (TPSA) is 73.5 Å². The molecular formula is C30H29Cl2F3N4O2. The van der Waals surface area contributed by atoms with Gasteiger partial charge >= 0.3 is 6.18 Å². The van der Waals surface area contributed by atoms with E-state index in [0.717, 1.165) is 49.9 Å². The van der Waals surface area contributed by atoms with Crippen molar-refractivity contribution >= 4 is 46.4 Å². The number of piperidine rings is 1. The van der Waals surface area contributed by atoms with Gasteiger partial charge in [-0.25, -0.2) is 0 Å². The summed E-state index contributed by atoms with van der Waals surface area (Å²) in [7, 11) is 0. The lowest BCUT2D eigenvalue weighted by Gasteiger charge is -2.39. The van der Waals surface area contributed by atoms with Crippen LogP contribution >= 0.6 is 23.2 Å². The minimum Gasteiger partial charge on any atom is -0.355 e. The zero-order chi connectivity index (χ0) is 29.1. The number of benzene rings is 3. The molecule has 2 heterocycles. The fraction of sp³-hybridized carbons (Fsp3) is 0.333. The molecular weight excluding hydrogens is 576 g/mol. The molecule has 0 saturated carbocycles. The molecule has 5 rings (SSSR count). The van der Waals surface area contributed by atoms with Gasteiger partial charge in [0.15, 0.2) is 0 Å².